The number of carbonyl (C=O) groups is 2. The van der Waals surface area contributed by atoms with E-state index < -0.39 is 12.1 Å². The van der Waals surface area contributed by atoms with Gasteiger partial charge < -0.3 is 16.4 Å². The van der Waals surface area contributed by atoms with Gasteiger partial charge in [0.15, 0.2) is 0 Å². The molecule has 4 N–H and O–H groups in total. The number of amides is 3. The van der Waals surface area contributed by atoms with E-state index >= 15 is 0 Å². The van der Waals surface area contributed by atoms with Crippen molar-refractivity contribution in [1.82, 2.24) is 5.32 Å². The molecule has 1 aromatic rings. The van der Waals surface area contributed by atoms with Crippen LogP contribution in [0.4, 0.5) is 10.5 Å². The van der Waals surface area contributed by atoms with E-state index in [2.05, 4.69) is 33.2 Å². The van der Waals surface area contributed by atoms with Gasteiger partial charge in [0, 0.05) is 9.26 Å². The van der Waals surface area contributed by atoms with Gasteiger partial charge in [0.05, 0.1) is 0 Å². The fraction of sp³-hybridized carbons (Fsp3) is 0.273. The van der Waals surface area contributed by atoms with Gasteiger partial charge in [0.2, 0.25) is 5.91 Å². The highest BCUT2D eigenvalue weighted by atomic mass is 127. The molecule has 1 aromatic carbocycles. The third-order valence-electron chi connectivity index (χ3n) is 2.20. The van der Waals surface area contributed by atoms with E-state index in [-0.39, 0.29) is 5.91 Å². The van der Waals surface area contributed by atoms with Gasteiger partial charge >= 0.3 is 6.03 Å². The predicted molar refractivity (Wildman–Crippen MR) is 74.7 cm³/mol. The Bertz CT molecular complexity index is 448. The number of urea groups is 1. The van der Waals surface area contributed by atoms with Crippen LogP contribution in [0.5, 0.6) is 0 Å². The molecule has 5 nitrogen and oxygen atoms in total. The first-order valence-corrected chi connectivity index (χ1v) is 6.11. The summed E-state index contributed by atoms with van der Waals surface area (Å²) in [6.45, 7) is 3.48. The van der Waals surface area contributed by atoms with Crippen LogP contribution in [-0.2, 0) is 4.79 Å². The maximum absolute atomic E-state index is 11.7. The molecule has 1 unspecified atom stereocenters. The third kappa shape index (κ3) is 4.22. The van der Waals surface area contributed by atoms with E-state index in [4.69, 9.17) is 5.73 Å². The van der Waals surface area contributed by atoms with Gasteiger partial charge in [0.25, 0.3) is 0 Å². The van der Waals surface area contributed by atoms with Crippen molar-refractivity contribution in [2.45, 2.75) is 19.9 Å². The standard InChI is InChI=1S/C11H14IN3O2/c1-6-5-8(12)3-4-9(6)15-10(16)7(2)14-11(13)17/h3-5,7H,1-2H3,(H,15,16)(H3,13,14,17). The average molecular weight is 347 g/mol. The minimum absolute atomic E-state index is 0.298. The Morgan fingerprint density at radius 1 is 1.41 bits per heavy atom. The second-order valence-electron chi connectivity index (χ2n) is 3.68. The average Bonchev–Trinajstić information content (AvgIpc) is 2.21. The molecule has 0 heterocycles. The second kappa shape index (κ2) is 5.85. The maximum Gasteiger partial charge on any atom is 0.312 e. The smallest absolute Gasteiger partial charge is 0.312 e. The lowest BCUT2D eigenvalue weighted by molar-refractivity contribution is -0.117. The van der Waals surface area contributed by atoms with Crippen LogP contribution in [0.25, 0.3) is 0 Å². The summed E-state index contributed by atoms with van der Waals surface area (Å²) in [6.07, 6.45) is 0. The third-order valence-corrected chi connectivity index (χ3v) is 2.87. The lowest BCUT2D eigenvalue weighted by Gasteiger charge is -2.14. The van der Waals surface area contributed by atoms with Crippen molar-refractivity contribution >= 4 is 40.2 Å². The van der Waals surface area contributed by atoms with Gasteiger partial charge in [-0.1, -0.05) is 0 Å². The first kappa shape index (κ1) is 13.8. The molecule has 0 saturated carbocycles. The summed E-state index contributed by atoms with van der Waals surface area (Å²) in [5.74, 6) is -0.298. The van der Waals surface area contributed by atoms with E-state index in [1.165, 1.54) is 0 Å². The van der Waals surface area contributed by atoms with Crippen molar-refractivity contribution in [3.8, 4) is 0 Å². The van der Waals surface area contributed by atoms with Gasteiger partial charge in [0.1, 0.15) is 6.04 Å². The van der Waals surface area contributed by atoms with Crippen LogP contribution in [0, 0.1) is 10.5 Å². The van der Waals surface area contributed by atoms with E-state index in [0.29, 0.717) is 0 Å². The van der Waals surface area contributed by atoms with Crippen LogP contribution >= 0.6 is 22.6 Å². The number of aryl methyl sites for hydroxylation is 1. The molecule has 0 bridgehead atoms. The highest BCUT2D eigenvalue weighted by molar-refractivity contribution is 14.1. The van der Waals surface area contributed by atoms with Crippen molar-refractivity contribution in [3.63, 3.8) is 0 Å². The number of carbonyl (C=O) groups excluding carboxylic acids is 2. The summed E-state index contributed by atoms with van der Waals surface area (Å²) in [4.78, 5) is 22.3. The Balaban J connectivity index is 2.71. The minimum atomic E-state index is -0.716. The van der Waals surface area contributed by atoms with Gasteiger partial charge in [-0.15, -0.1) is 0 Å². The molecule has 0 fully saturated rings. The molecule has 0 aliphatic heterocycles. The van der Waals surface area contributed by atoms with Crippen LogP contribution in [0.15, 0.2) is 18.2 Å². The van der Waals surface area contributed by atoms with Gasteiger partial charge in [-0.3, -0.25) is 4.79 Å². The summed E-state index contributed by atoms with van der Waals surface area (Å²) in [7, 11) is 0. The van der Waals surface area contributed by atoms with Crippen LogP contribution < -0.4 is 16.4 Å². The SMILES string of the molecule is Cc1cc(I)ccc1NC(=O)C(C)NC(N)=O. The van der Waals surface area contributed by atoms with Crippen molar-refractivity contribution in [2.24, 2.45) is 5.73 Å². The largest absolute Gasteiger partial charge is 0.352 e. The lowest BCUT2D eigenvalue weighted by Crippen LogP contribution is -2.44. The molecular weight excluding hydrogens is 333 g/mol. The van der Waals surface area contributed by atoms with Crippen LogP contribution in [0.1, 0.15) is 12.5 Å². The molecule has 0 aromatic heterocycles. The van der Waals surface area contributed by atoms with Crippen molar-refractivity contribution in [1.29, 1.82) is 0 Å². The summed E-state index contributed by atoms with van der Waals surface area (Å²) < 4.78 is 1.10. The zero-order valence-electron chi connectivity index (χ0n) is 9.58. The molecule has 0 spiro atoms. The number of halogens is 1. The molecule has 17 heavy (non-hydrogen) atoms. The Morgan fingerprint density at radius 3 is 2.59 bits per heavy atom. The summed E-state index contributed by atoms with van der Waals surface area (Å²) in [5, 5.41) is 5.05. The molecule has 0 saturated heterocycles. The first-order chi connectivity index (χ1) is 7.90. The molecule has 1 atom stereocenters. The Kier molecular flexibility index (Phi) is 4.73. The van der Waals surface area contributed by atoms with E-state index in [9.17, 15) is 9.59 Å². The molecule has 6 heteroatoms. The highest BCUT2D eigenvalue weighted by Gasteiger charge is 2.14. The van der Waals surface area contributed by atoms with Gasteiger partial charge in [-0.2, -0.15) is 0 Å². The number of rotatable bonds is 3. The fourth-order valence-electron chi connectivity index (χ4n) is 1.29. The number of nitrogens with one attached hydrogen (secondary N) is 2. The topological polar surface area (TPSA) is 84.2 Å². The molecule has 3 amide bonds. The Morgan fingerprint density at radius 2 is 2.06 bits per heavy atom. The number of primary amides is 1. The molecule has 0 aliphatic rings. The minimum Gasteiger partial charge on any atom is -0.352 e. The number of anilines is 1. The maximum atomic E-state index is 11.7. The van der Waals surface area contributed by atoms with E-state index in [1.54, 1.807) is 6.92 Å². The first-order valence-electron chi connectivity index (χ1n) is 5.03. The van der Waals surface area contributed by atoms with Crippen LogP contribution in [0.3, 0.4) is 0 Å². The normalized spacial score (nSPS) is 11.7. The molecule has 1 rings (SSSR count). The molecular formula is C11H14IN3O2. The van der Waals surface area contributed by atoms with Crippen molar-refractivity contribution < 1.29 is 9.59 Å². The number of hydrogen-bond acceptors (Lipinski definition) is 2. The van der Waals surface area contributed by atoms with E-state index in [0.717, 1.165) is 14.8 Å². The number of benzene rings is 1. The zero-order chi connectivity index (χ0) is 13.0. The molecule has 0 aliphatic carbocycles. The second-order valence-corrected chi connectivity index (χ2v) is 4.92. The summed E-state index contributed by atoms with van der Waals surface area (Å²) in [6, 6.07) is 4.31. The quantitative estimate of drug-likeness (QED) is 0.726. The number of nitrogens with two attached hydrogens (primary N) is 1. The fourth-order valence-corrected chi connectivity index (χ4v) is 1.93. The Labute approximate surface area is 113 Å². The molecule has 0 radical (unpaired) electrons. The van der Waals surface area contributed by atoms with E-state index in [1.807, 2.05) is 25.1 Å². The van der Waals surface area contributed by atoms with Crippen LogP contribution in [0.2, 0.25) is 0 Å². The van der Waals surface area contributed by atoms with Crippen molar-refractivity contribution in [3.05, 3.63) is 27.3 Å². The Hall–Kier alpha value is -1.31. The summed E-state index contributed by atoms with van der Waals surface area (Å²) in [5.41, 5.74) is 6.64. The number of hydrogen-bond donors (Lipinski definition) is 3. The highest BCUT2D eigenvalue weighted by Crippen LogP contribution is 2.17. The predicted octanol–water partition coefficient (Wildman–Crippen LogP) is 1.59. The zero-order valence-corrected chi connectivity index (χ0v) is 11.7. The monoisotopic (exact) mass is 347 g/mol. The van der Waals surface area contributed by atoms with Gasteiger partial charge in [-0.25, -0.2) is 4.79 Å². The van der Waals surface area contributed by atoms with Crippen LogP contribution in [-0.4, -0.2) is 18.0 Å². The van der Waals surface area contributed by atoms with Gasteiger partial charge in [-0.05, 0) is 60.2 Å². The summed E-state index contributed by atoms with van der Waals surface area (Å²) >= 11 is 2.20. The molecule has 92 valence electrons. The lowest BCUT2D eigenvalue weighted by atomic mass is 10.2. The van der Waals surface area contributed by atoms with Crippen molar-refractivity contribution in [2.75, 3.05) is 5.32 Å².